The third kappa shape index (κ3) is 4.23. The second-order valence-electron chi connectivity index (χ2n) is 7.13. The van der Waals surface area contributed by atoms with Gasteiger partial charge in [0.15, 0.2) is 0 Å². The lowest BCUT2D eigenvalue weighted by Crippen LogP contribution is -2.43. The zero-order chi connectivity index (χ0) is 18.0. The van der Waals surface area contributed by atoms with Crippen LogP contribution in [0.3, 0.4) is 0 Å². The van der Waals surface area contributed by atoms with Crippen LogP contribution in [-0.2, 0) is 4.79 Å². The fraction of sp³-hybridized carbons (Fsp3) is 0.611. The van der Waals surface area contributed by atoms with Crippen molar-refractivity contribution in [3.05, 3.63) is 18.2 Å². The van der Waals surface area contributed by atoms with Crippen LogP contribution in [0.5, 0.6) is 11.5 Å². The number of likely N-dealkylation sites (N-methyl/N-ethyl adjacent to an activating group) is 1. The van der Waals surface area contributed by atoms with Gasteiger partial charge in [0.1, 0.15) is 30.8 Å². The maximum atomic E-state index is 12.1. The van der Waals surface area contributed by atoms with Crippen LogP contribution in [0.15, 0.2) is 18.2 Å². The molecular formula is C18H27N3O4. The Bertz CT molecular complexity index is 625. The fourth-order valence-electron chi connectivity index (χ4n) is 3.14. The molecular weight excluding hydrogens is 322 g/mol. The van der Waals surface area contributed by atoms with E-state index in [1.165, 1.54) is 4.90 Å². The topological polar surface area (TPSA) is 88.3 Å². The summed E-state index contributed by atoms with van der Waals surface area (Å²) in [6, 6.07) is 4.81. The lowest BCUT2D eigenvalue weighted by molar-refractivity contribution is -0.119. The Hall–Kier alpha value is -1.83. The first kappa shape index (κ1) is 18.0. The van der Waals surface area contributed by atoms with E-state index in [4.69, 9.17) is 15.2 Å². The highest BCUT2D eigenvalue weighted by Gasteiger charge is 2.28. The van der Waals surface area contributed by atoms with E-state index in [9.17, 15) is 9.90 Å². The molecule has 1 aromatic carbocycles. The molecule has 0 unspecified atom stereocenters. The van der Waals surface area contributed by atoms with Crippen molar-refractivity contribution in [3.63, 3.8) is 0 Å². The second-order valence-corrected chi connectivity index (χ2v) is 7.13. The molecule has 0 spiro atoms. The predicted octanol–water partition coefficient (Wildman–Crippen LogP) is 0.595. The molecule has 1 fully saturated rings. The van der Waals surface area contributed by atoms with Gasteiger partial charge in [-0.1, -0.05) is 0 Å². The third-order valence-corrected chi connectivity index (χ3v) is 4.97. The Morgan fingerprint density at radius 3 is 2.84 bits per heavy atom. The normalized spacial score (nSPS) is 23.6. The van der Waals surface area contributed by atoms with E-state index in [1.54, 1.807) is 7.05 Å². The number of nitrogens with zero attached hydrogens (tertiary/aromatic N) is 2. The molecule has 2 heterocycles. The summed E-state index contributed by atoms with van der Waals surface area (Å²) in [5, 5.41) is 9.99. The number of carbonyl (C=O) groups excluding carboxylic acids is 1. The number of fused-ring (bicyclic) bond motifs is 1. The quantitative estimate of drug-likeness (QED) is 0.827. The molecule has 138 valence electrons. The summed E-state index contributed by atoms with van der Waals surface area (Å²) < 4.78 is 11.4. The molecule has 2 aliphatic heterocycles. The Labute approximate surface area is 148 Å². The maximum Gasteiger partial charge on any atom is 0.247 e. The number of carbonyl (C=O) groups is 1. The zero-order valence-corrected chi connectivity index (χ0v) is 14.9. The van der Waals surface area contributed by atoms with E-state index >= 15 is 0 Å². The lowest BCUT2D eigenvalue weighted by Gasteiger charge is -2.35. The molecule has 3 rings (SSSR count). The highest BCUT2D eigenvalue weighted by molar-refractivity contribution is 5.98. The Morgan fingerprint density at radius 1 is 1.40 bits per heavy atom. The minimum absolute atomic E-state index is 0.170. The number of piperidine rings is 1. The number of ether oxygens (including phenoxy) is 2. The number of likely N-dealkylation sites (tertiary alicyclic amines) is 1. The van der Waals surface area contributed by atoms with Crippen molar-refractivity contribution in [2.24, 2.45) is 5.73 Å². The molecule has 1 aromatic rings. The van der Waals surface area contributed by atoms with Crippen molar-refractivity contribution in [2.45, 2.75) is 31.4 Å². The van der Waals surface area contributed by atoms with Gasteiger partial charge in [0.25, 0.3) is 0 Å². The number of hydrogen-bond donors (Lipinski definition) is 2. The number of rotatable bonds is 4. The van der Waals surface area contributed by atoms with Gasteiger partial charge in [-0.3, -0.25) is 9.69 Å². The summed E-state index contributed by atoms with van der Waals surface area (Å²) in [5.41, 5.74) is 5.93. The molecule has 25 heavy (non-hydrogen) atoms. The van der Waals surface area contributed by atoms with Gasteiger partial charge in [-0.2, -0.15) is 0 Å². The van der Waals surface area contributed by atoms with Crippen LogP contribution in [0.2, 0.25) is 0 Å². The molecule has 1 atom stereocenters. The van der Waals surface area contributed by atoms with Crippen molar-refractivity contribution < 1.29 is 19.4 Å². The second kappa shape index (κ2) is 7.19. The van der Waals surface area contributed by atoms with Gasteiger partial charge in [0.05, 0.1) is 11.3 Å². The number of amides is 1. The van der Waals surface area contributed by atoms with Crippen LogP contribution >= 0.6 is 0 Å². The van der Waals surface area contributed by atoms with Crippen molar-refractivity contribution in [3.8, 4) is 11.5 Å². The number of aliphatic hydroxyl groups is 1. The number of anilines is 1. The summed E-state index contributed by atoms with van der Waals surface area (Å²) in [7, 11) is 1.69. The maximum absolute atomic E-state index is 12.1. The summed E-state index contributed by atoms with van der Waals surface area (Å²) in [6.45, 7) is 5.19. The van der Waals surface area contributed by atoms with Crippen LogP contribution in [-0.4, -0.2) is 67.5 Å². The van der Waals surface area contributed by atoms with E-state index < -0.39 is 11.6 Å². The van der Waals surface area contributed by atoms with E-state index in [0.29, 0.717) is 23.8 Å². The predicted molar refractivity (Wildman–Crippen MR) is 95.1 cm³/mol. The van der Waals surface area contributed by atoms with Gasteiger partial charge >= 0.3 is 0 Å². The Balaban J connectivity index is 1.57. The van der Waals surface area contributed by atoms with E-state index in [-0.39, 0.29) is 12.5 Å². The molecule has 3 N–H and O–H groups in total. The van der Waals surface area contributed by atoms with Gasteiger partial charge in [-0.15, -0.1) is 0 Å². The van der Waals surface area contributed by atoms with Crippen LogP contribution in [0.1, 0.15) is 19.8 Å². The molecule has 0 radical (unpaired) electrons. The summed E-state index contributed by atoms with van der Waals surface area (Å²) in [6.07, 6.45) is 1.58. The average molecular weight is 349 g/mol. The van der Waals surface area contributed by atoms with E-state index in [1.807, 2.05) is 25.1 Å². The van der Waals surface area contributed by atoms with Gasteiger partial charge in [0, 0.05) is 32.7 Å². The van der Waals surface area contributed by atoms with Crippen LogP contribution in [0, 0.1) is 0 Å². The summed E-state index contributed by atoms with van der Waals surface area (Å²) >= 11 is 0. The molecule has 1 saturated heterocycles. The van der Waals surface area contributed by atoms with Crippen LogP contribution < -0.4 is 20.1 Å². The first-order valence-electron chi connectivity index (χ1n) is 8.73. The van der Waals surface area contributed by atoms with E-state index in [0.717, 1.165) is 32.5 Å². The molecule has 7 nitrogen and oxygen atoms in total. The molecule has 0 saturated carbocycles. The van der Waals surface area contributed by atoms with Crippen molar-refractivity contribution in [1.82, 2.24) is 4.90 Å². The number of benzene rings is 1. The van der Waals surface area contributed by atoms with Gasteiger partial charge in [0.2, 0.25) is 5.91 Å². The van der Waals surface area contributed by atoms with Crippen molar-refractivity contribution in [1.29, 1.82) is 0 Å². The third-order valence-electron chi connectivity index (χ3n) is 4.97. The highest BCUT2D eigenvalue weighted by Crippen LogP contribution is 2.34. The first-order valence-corrected chi connectivity index (χ1v) is 8.73. The largest absolute Gasteiger partial charge is 0.492 e. The smallest absolute Gasteiger partial charge is 0.247 e. The number of hydrogen-bond acceptors (Lipinski definition) is 6. The number of nitrogens with two attached hydrogens (primary N) is 1. The van der Waals surface area contributed by atoms with Crippen molar-refractivity contribution in [2.75, 3.05) is 44.8 Å². The SMILES string of the molecule is CN1C(=O)[C@@H](N)COc2ccc(OCCN3CCC(C)(O)CC3)cc21. The average Bonchev–Trinajstić information content (AvgIpc) is 2.69. The Kier molecular flexibility index (Phi) is 5.17. The van der Waals surface area contributed by atoms with Crippen LogP contribution in [0.25, 0.3) is 0 Å². The summed E-state index contributed by atoms with van der Waals surface area (Å²) in [5.74, 6) is 1.16. The molecule has 0 bridgehead atoms. The monoisotopic (exact) mass is 349 g/mol. The highest BCUT2D eigenvalue weighted by atomic mass is 16.5. The molecule has 7 heteroatoms. The standard InChI is InChI=1S/C18H27N3O4/c1-18(23)5-7-21(8-6-18)9-10-24-13-3-4-16-15(11-13)20(2)17(22)14(19)12-25-16/h3-4,11,14,23H,5-10,12,19H2,1-2H3/t14-/m0/s1. The molecule has 1 amide bonds. The summed E-state index contributed by atoms with van der Waals surface area (Å²) in [4.78, 5) is 16.0. The fourth-order valence-corrected chi connectivity index (χ4v) is 3.14. The lowest BCUT2D eigenvalue weighted by atomic mass is 9.94. The van der Waals surface area contributed by atoms with Gasteiger partial charge < -0.3 is 25.2 Å². The molecule has 0 aliphatic carbocycles. The van der Waals surface area contributed by atoms with E-state index in [2.05, 4.69) is 4.90 Å². The Morgan fingerprint density at radius 2 is 2.12 bits per heavy atom. The van der Waals surface area contributed by atoms with Gasteiger partial charge in [-0.25, -0.2) is 0 Å². The minimum Gasteiger partial charge on any atom is -0.492 e. The first-order chi connectivity index (χ1) is 11.9. The van der Waals surface area contributed by atoms with Crippen molar-refractivity contribution >= 4 is 11.6 Å². The van der Waals surface area contributed by atoms with Gasteiger partial charge in [-0.05, 0) is 31.9 Å². The zero-order valence-electron chi connectivity index (χ0n) is 14.9. The van der Waals surface area contributed by atoms with Crippen LogP contribution in [0.4, 0.5) is 5.69 Å². The molecule has 2 aliphatic rings. The molecule has 0 aromatic heterocycles. The minimum atomic E-state index is -0.655.